The number of halogens is 1. The number of carbonyl (C=O) groups is 2. The highest BCUT2D eigenvalue weighted by Gasteiger charge is 2.35. The van der Waals surface area contributed by atoms with Crippen LogP contribution in [0.4, 0.5) is 14.9 Å². The topological polar surface area (TPSA) is 92.8 Å². The van der Waals surface area contributed by atoms with Gasteiger partial charge in [0.05, 0.1) is 53.0 Å². The zero-order chi connectivity index (χ0) is 36.5. The van der Waals surface area contributed by atoms with Crippen molar-refractivity contribution in [3.8, 4) is 17.2 Å². The van der Waals surface area contributed by atoms with Crippen molar-refractivity contribution in [2.45, 2.75) is 76.9 Å². The molecule has 3 aliphatic rings. The Kier molecular flexibility index (Phi) is 12.9. The molecule has 3 atom stereocenters. The van der Waals surface area contributed by atoms with E-state index in [9.17, 15) is 14.0 Å². The Bertz CT molecular complexity index is 1640. The van der Waals surface area contributed by atoms with Crippen LogP contribution in [0.25, 0.3) is 0 Å². The first-order chi connectivity index (χ1) is 25.3. The molecular formula is C41H53FN4O6. The third-order valence-corrected chi connectivity index (χ3v) is 10.3. The van der Waals surface area contributed by atoms with Crippen molar-refractivity contribution in [1.82, 2.24) is 15.1 Å². The fourth-order valence-electron chi connectivity index (χ4n) is 7.05. The maximum Gasteiger partial charge on any atom is 0.325 e. The summed E-state index contributed by atoms with van der Waals surface area (Å²) in [6.07, 6.45) is 4.58. The summed E-state index contributed by atoms with van der Waals surface area (Å²) >= 11 is 0. The SMILES string of the molecule is COc1cc(CC(=O)N[C@@H]2CN(CCOCc3ccccc3)C[C@@H]2F)ccc1CN1C(=O)N(c2ccc(OC)c(OCCCC3CC3)c2)CC[C@@H]1C. The lowest BCUT2D eigenvalue weighted by Gasteiger charge is -2.40. The van der Waals surface area contributed by atoms with Gasteiger partial charge >= 0.3 is 6.03 Å². The predicted molar refractivity (Wildman–Crippen MR) is 199 cm³/mol. The summed E-state index contributed by atoms with van der Waals surface area (Å²) in [4.78, 5) is 32.6. The van der Waals surface area contributed by atoms with Gasteiger partial charge in [-0.3, -0.25) is 14.6 Å². The molecule has 0 unspecified atom stereocenters. The van der Waals surface area contributed by atoms with Gasteiger partial charge in [0.15, 0.2) is 11.5 Å². The summed E-state index contributed by atoms with van der Waals surface area (Å²) in [7, 11) is 3.21. The van der Waals surface area contributed by atoms with Gasteiger partial charge in [0, 0.05) is 49.5 Å². The number of hydrogen-bond acceptors (Lipinski definition) is 7. The van der Waals surface area contributed by atoms with Crippen molar-refractivity contribution in [3.05, 3.63) is 83.4 Å². The van der Waals surface area contributed by atoms with Gasteiger partial charge in [0.25, 0.3) is 0 Å². The Morgan fingerprint density at radius 3 is 2.48 bits per heavy atom. The van der Waals surface area contributed by atoms with E-state index in [4.69, 9.17) is 18.9 Å². The van der Waals surface area contributed by atoms with Gasteiger partial charge in [-0.2, -0.15) is 0 Å². The Morgan fingerprint density at radius 1 is 0.904 bits per heavy atom. The lowest BCUT2D eigenvalue weighted by molar-refractivity contribution is -0.121. The molecule has 1 saturated carbocycles. The van der Waals surface area contributed by atoms with E-state index in [2.05, 4.69) is 12.2 Å². The molecule has 3 aromatic rings. The van der Waals surface area contributed by atoms with Crippen LogP contribution in [0.1, 0.15) is 55.7 Å². The number of methoxy groups -OCH3 is 2. The number of alkyl halides is 1. The second kappa shape index (κ2) is 17.9. The number of likely N-dealkylation sites (tertiary alicyclic amines) is 1. The zero-order valence-corrected chi connectivity index (χ0v) is 30.7. The molecule has 10 nitrogen and oxygen atoms in total. The normalized spacial score (nSPS) is 20.6. The minimum atomic E-state index is -1.15. The van der Waals surface area contributed by atoms with E-state index in [0.29, 0.717) is 63.2 Å². The molecule has 2 saturated heterocycles. The van der Waals surface area contributed by atoms with Crippen LogP contribution < -0.4 is 24.4 Å². The number of carbonyl (C=O) groups excluding carboxylic acids is 2. The van der Waals surface area contributed by atoms with Gasteiger partial charge in [-0.25, -0.2) is 9.18 Å². The largest absolute Gasteiger partial charge is 0.496 e. The lowest BCUT2D eigenvalue weighted by Crippen LogP contribution is -2.53. The fraction of sp³-hybridized carbons (Fsp3) is 0.512. The average Bonchev–Trinajstić information content (AvgIpc) is 3.92. The first kappa shape index (κ1) is 37.4. The van der Waals surface area contributed by atoms with Crippen LogP contribution in [-0.2, 0) is 29.1 Å². The first-order valence-corrected chi connectivity index (χ1v) is 18.6. The van der Waals surface area contributed by atoms with Crippen molar-refractivity contribution < 1.29 is 32.9 Å². The van der Waals surface area contributed by atoms with Gasteiger partial charge in [0.2, 0.25) is 5.91 Å². The Balaban J connectivity index is 1.01. The molecule has 0 spiro atoms. The number of urea groups is 1. The average molecular weight is 717 g/mol. The number of benzene rings is 3. The summed E-state index contributed by atoms with van der Waals surface area (Å²) in [5.74, 6) is 2.50. The van der Waals surface area contributed by atoms with E-state index in [1.165, 1.54) is 19.3 Å². The molecule has 52 heavy (non-hydrogen) atoms. The number of nitrogens with zero attached hydrogens (tertiary/aromatic N) is 3. The van der Waals surface area contributed by atoms with E-state index in [1.807, 2.05) is 76.5 Å². The highest BCUT2D eigenvalue weighted by atomic mass is 19.1. The smallest absolute Gasteiger partial charge is 0.325 e. The van der Waals surface area contributed by atoms with Gasteiger partial charge in [-0.1, -0.05) is 55.3 Å². The summed E-state index contributed by atoms with van der Waals surface area (Å²) in [6.45, 7) is 5.93. The molecule has 2 heterocycles. The third-order valence-electron chi connectivity index (χ3n) is 10.3. The minimum Gasteiger partial charge on any atom is -0.496 e. The molecule has 3 amide bonds. The number of ether oxygens (including phenoxy) is 4. The number of rotatable bonds is 18. The molecule has 11 heteroatoms. The van der Waals surface area contributed by atoms with Crippen LogP contribution in [0.2, 0.25) is 0 Å². The standard InChI is InChI=1S/C41H53FN4O6/c1-29-17-18-45(34-15-16-37(49-2)39(24-34)52-20-7-10-30-11-12-30)41(48)46(29)25-33-14-13-32(22-38(33)50-3)23-40(47)43-36-27-44(26-35(36)42)19-21-51-28-31-8-5-4-6-9-31/h4-6,8-9,13-16,22,24,29-30,35-36H,7,10-12,17-21,23,25-28H2,1-3H3,(H,43,47)/t29-,35-,36+/m0/s1. The fourth-order valence-corrected chi connectivity index (χ4v) is 7.05. The lowest BCUT2D eigenvalue weighted by atomic mass is 10.0. The second-order valence-corrected chi connectivity index (χ2v) is 14.3. The third kappa shape index (κ3) is 9.95. The van der Waals surface area contributed by atoms with Crippen molar-refractivity contribution in [3.63, 3.8) is 0 Å². The number of amides is 3. The van der Waals surface area contributed by atoms with Gasteiger partial charge < -0.3 is 29.2 Å². The Labute approximate surface area is 307 Å². The van der Waals surface area contributed by atoms with Crippen LogP contribution in [0.15, 0.2) is 66.7 Å². The van der Waals surface area contributed by atoms with E-state index >= 15 is 0 Å². The van der Waals surface area contributed by atoms with Crippen molar-refractivity contribution in [2.24, 2.45) is 5.92 Å². The van der Waals surface area contributed by atoms with Crippen LogP contribution >= 0.6 is 0 Å². The predicted octanol–water partition coefficient (Wildman–Crippen LogP) is 6.39. The molecule has 0 bridgehead atoms. The number of anilines is 1. The van der Waals surface area contributed by atoms with E-state index in [0.717, 1.165) is 41.1 Å². The Hall–Kier alpha value is -4.35. The minimum absolute atomic E-state index is 0.0188. The van der Waals surface area contributed by atoms with E-state index in [-0.39, 0.29) is 30.9 Å². The van der Waals surface area contributed by atoms with E-state index < -0.39 is 12.2 Å². The van der Waals surface area contributed by atoms with Gasteiger partial charge in [-0.15, -0.1) is 0 Å². The van der Waals surface area contributed by atoms with Crippen molar-refractivity contribution in [2.75, 3.05) is 58.5 Å². The van der Waals surface area contributed by atoms with Crippen molar-refractivity contribution in [1.29, 1.82) is 0 Å². The highest BCUT2D eigenvalue weighted by Crippen LogP contribution is 2.36. The van der Waals surface area contributed by atoms with Crippen LogP contribution in [-0.4, -0.2) is 93.6 Å². The zero-order valence-electron chi connectivity index (χ0n) is 30.7. The summed E-state index contributed by atoms with van der Waals surface area (Å²) < 4.78 is 38.1. The van der Waals surface area contributed by atoms with Crippen molar-refractivity contribution >= 4 is 17.6 Å². The maximum absolute atomic E-state index is 14.9. The van der Waals surface area contributed by atoms with Gasteiger partial charge in [0.1, 0.15) is 11.9 Å². The first-order valence-electron chi connectivity index (χ1n) is 18.6. The molecule has 1 aliphatic carbocycles. The molecule has 3 aromatic carbocycles. The van der Waals surface area contributed by atoms with Gasteiger partial charge in [-0.05, 0) is 61.4 Å². The second-order valence-electron chi connectivity index (χ2n) is 14.3. The molecule has 2 aliphatic heterocycles. The molecule has 280 valence electrons. The molecule has 0 radical (unpaired) electrons. The summed E-state index contributed by atoms with van der Waals surface area (Å²) in [5.41, 5.74) is 3.46. The summed E-state index contributed by atoms with van der Waals surface area (Å²) in [5, 5.41) is 2.89. The van der Waals surface area contributed by atoms with Crippen LogP contribution in [0.5, 0.6) is 17.2 Å². The molecular weight excluding hydrogens is 663 g/mol. The summed E-state index contributed by atoms with van der Waals surface area (Å²) in [6, 6.07) is 20.6. The quantitative estimate of drug-likeness (QED) is 0.153. The number of nitrogens with one attached hydrogen (secondary N) is 1. The van der Waals surface area contributed by atoms with Crippen LogP contribution in [0, 0.1) is 5.92 Å². The molecule has 1 N–H and O–H groups in total. The Morgan fingerprint density at radius 2 is 1.71 bits per heavy atom. The molecule has 3 fully saturated rings. The molecule has 0 aromatic heterocycles. The molecule has 6 rings (SSSR count). The maximum atomic E-state index is 14.9. The van der Waals surface area contributed by atoms with Crippen LogP contribution in [0.3, 0.4) is 0 Å². The number of hydrogen-bond donors (Lipinski definition) is 1. The monoisotopic (exact) mass is 716 g/mol. The highest BCUT2D eigenvalue weighted by molar-refractivity contribution is 5.93. The van der Waals surface area contributed by atoms with E-state index in [1.54, 1.807) is 19.1 Å².